The number of nitrogens with zero attached hydrogens (tertiary/aromatic N) is 4. The van der Waals surface area contributed by atoms with Crippen LogP contribution >= 0.6 is 34.4 Å². The minimum Gasteiger partial charge on any atom is -0.376 e. The van der Waals surface area contributed by atoms with E-state index in [9.17, 15) is 4.79 Å². The van der Waals surface area contributed by atoms with Crippen LogP contribution in [0.15, 0.2) is 46.2 Å². The van der Waals surface area contributed by atoms with Gasteiger partial charge >= 0.3 is 0 Å². The molecule has 0 saturated carbocycles. The van der Waals surface area contributed by atoms with Gasteiger partial charge in [0.25, 0.3) is 0 Å². The van der Waals surface area contributed by atoms with Crippen LogP contribution in [-0.2, 0) is 16.1 Å². The van der Waals surface area contributed by atoms with Crippen molar-refractivity contribution < 1.29 is 9.53 Å². The fourth-order valence-corrected chi connectivity index (χ4v) is 5.99. The molecule has 1 fully saturated rings. The highest BCUT2D eigenvalue weighted by molar-refractivity contribution is 7.99. The number of carbonyl (C=O) groups excluding carboxylic acids is 1. The van der Waals surface area contributed by atoms with E-state index in [1.807, 2.05) is 22.9 Å². The first-order valence-electron chi connectivity index (χ1n) is 11.1. The molecule has 0 radical (unpaired) electrons. The number of hydrogen-bond acceptors (Lipinski definition) is 8. The molecular weight excluding hydrogens is 486 g/mol. The summed E-state index contributed by atoms with van der Waals surface area (Å²) in [6.07, 6.45) is 2.26. The SMILES string of the molecule is Cc1ccc(-c2csc(NC(=O)CSc3nnc(-c4cccs4)n3CC3CCCO3)n2)cc1C. The normalized spacial score (nSPS) is 15.6. The number of carbonyl (C=O) groups is 1. The fraction of sp³-hybridized carbons (Fsp3) is 0.333. The zero-order valence-electron chi connectivity index (χ0n) is 19.0. The Labute approximate surface area is 210 Å². The van der Waals surface area contributed by atoms with E-state index in [0.29, 0.717) is 11.7 Å². The van der Waals surface area contributed by atoms with Crippen LogP contribution in [-0.4, -0.2) is 44.1 Å². The molecule has 1 aromatic carbocycles. The molecular formula is C24H25N5O2S3. The van der Waals surface area contributed by atoms with E-state index < -0.39 is 0 Å². The monoisotopic (exact) mass is 511 g/mol. The van der Waals surface area contributed by atoms with E-state index in [0.717, 1.165) is 46.6 Å². The van der Waals surface area contributed by atoms with Crippen LogP contribution in [0.1, 0.15) is 24.0 Å². The zero-order valence-corrected chi connectivity index (χ0v) is 21.4. The molecule has 0 spiro atoms. The molecule has 1 aliphatic rings. The minimum absolute atomic E-state index is 0.115. The second-order valence-corrected chi connectivity index (χ2v) is 11.0. The molecule has 4 heterocycles. The quantitative estimate of drug-likeness (QED) is 0.308. The fourth-order valence-electron chi connectivity index (χ4n) is 3.79. The Kier molecular flexibility index (Phi) is 7.10. The number of thioether (sulfide) groups is 1. The van der Waals surface area contributed by atoms with Crippen molar-refractivity contribution in [2.24, 2.45) is 0 Å². The standard InChI is InChI=1S/C24H25N5O2S3/c1-15-7-8-17(11-16(15)2)19-13-33-23(25-19)26-21(30)14-34-24-28-27-22(20-6-4-10-32-20)29(24)12-18-5-3-9-31-18/h4,6-8,10-11,13,18H,3,5,9,12,14H2,1-2H3,(H,25,26,30). The molecule has 34 heavy (non-hydrogen) atoms. The number of aromatic nitrogens is 4. The molecule has 3 aromatic heterocycles. The summed E-state index contributed by atoms with van der Waals surface area (Å²) < 4.78 is 7.93. The summed E-state index contributed by atoms with van der Waals surface area (Å²) in [4.78, 5) is 18.3. The van der Waals surface area contributed by atoms with Crippen LogP contribution in [0.4, 0.5) is 5.13 Å². The highest BCUT2D eigenvalue weighted by Crippen LogP contribution is 2.30. The van der Waals surface area contributed by atoms with Crippen molar-refractivity contribution in [1.82, 2.24) is 19.7 Å². The van der Waals surface area contributed by atoms with Gasteiger partial charge in [0.15, 0.2) is 16.1 Å². The topological polar surface area (TPSA) is 81.9 Å². The molecule has 1 aliphatic heterocycles. The first-order valence-corrected chi connectivity index (χ1v) is 13.9. The molecule has 4 aromatic rings. The summed E-state index contributed by atoms with van der Waals surface area (Å²) in [6.45, 7) is 5.67. The number of amides is 1. The summed E-state index contributed by atoms with van der Waals surface area (Å²) in [5.41, 5.74) is 4.39. The van der Waals surface area contributed by atoms with Gasteiger partial charge in [0.05, 0.1) is 29.0 Å². The first-order chi connectivity index (χ1) is 16.6. The molecule has 0 bridgehead atoms. The van der Waals surface area contributed by atoms with Gasteiger partial charge in [-0.15, -0.1) is 32.9 Å². The Morgan fingerprint density at radius 3 is 2.91 bits per heavy atom. The number of ether oxygens (including phenoxy) is 1. The van der Waals surface area contributed by atoms with Crippen molar-refractivity contribution in [2.75, 3.05) is 17.7 Å². The van der Waals surface area contributed by atoms with E-state index in [1.165, 1.54) is 34.2 Å². The molecule has 1 saturated heterocycles. The summed E-state index contributed by atoms with van der Waals surface area (Å²) in [6, 6.07) is 10.3. The number of thiazole rings is 1. The van der Waals surface area contributed by atoms with Gasteiger partial charge in [-0.25, -0.2) is 4.98 Å². The van der Waals surface area contributed by atoms with Crippen LogP contribution in [0.3, 0.4) is 0 Å². The van der Waals surface area contributed by atoms with Crippen molar-refractivity contribution in [3.05, 3.63) is 52.2 Å². The third-order valence-electron chi connectivity index (χ3n) is 5.75. The van der Waals surface area contributed by atoms with Crippen LogP contribution in [0.2, 0.25) is 0 Å². The van der Waals surface area contributed by atoms with Crippen molar-refractivity contribution in [3.63, 3.8) is 0 Å². The lowest BCUT2D eigenvalue weighted by Gasteiger charge is -2.14. The molecule has 10 heteroatoms. The van der Waals surface area contributed by atoms with E-state index in [1.54, 1.807) is 11.3 Å². The largest absolute Gasteiger partial charge is 0.376 e. The Balaban J connectivity index is 1.25. The number of benzene rings is 1. The Morgan fingerprint density at radius 1 is 1.24 bits per heavy atom. The van der Waals surface area contributed by atoms with Gasteiger partial charge in [-0.1, -0.05) is 30.0 Å². The van der Waals surface area contributed by atoms with Gasteiger partial charge in [-0.05, 0) is 55.3 Å². The van der Waals surface area contributed by atoms with Crippen molar-refractivity contribution in [1.29, 1.82) is 0 Å². The number of rotatable bonds is 8. The molecule has 1 unspecified atom stereocenters. The third-order valence-corrected chi connectivity index (χ3v) is 8.34. The van der Waals surface area contributed by atoms with Crippen LogP contribution in [0.5, 0.6) is 0 Å². The predicted octanol–water partition coefficient (Wildman–Crippen LogP) is 5.66. The molecule has 1 atom stereocenters. The van der Waals surface area contributed by atoms with Crippen molar-refractivity contribution >= 4 is 45.5 Å². The van der Waals surface area contributed by atoms with Gasteiger partial charge in [-0.2, -0.15) is 0 Å². The minimum atomic E-state index is -0.115. The van der Waals surface area contributed by atoms with Crippen LogP contribution in [0.25, 0.3) is 22.0 Å². The van der Waals surface area contributed by atoms with Gasteiger partial charge in [0, 0.05) is 17.6 Å². The van der Waals surface area contributed by atoms with E-state index in [2.05, 4.69) is 57.1 Å². The van der Waals surface area contributed by atoms with Crippen molar-refractivity contribution in [3.8, 4) is 22.0 Å². The Bertz CT molecular complexity index is 1280. The van der Waals surface area contributed by atoms with Gasteiger partial charge < -0.3 is 10.1 Å². The molecule has 5 rings (SSSR count). The van der Waals surface area contributed by atoms with Gasteiger partial charge in [-0.3, -0.25) is 9.36 Å². The lowest BCUT2D eigenvalue weighted by Crippen LogP contribution is -2.18. The third kappa shape index (κ3) is 5.25. The summed E-state index contributed by atoms with van der Waals surface area (Å²) >= 11 is 4.45. The smallest absolute Gasteiger partial charge is 0.236 e. The average Bonchev–Trinajstić information content (AvgIpc) is 3.63. The molecule has 7 nitrogen and oxygen atoms in total. The zero-order chi connectivity index (χ0) is 23.5. The Morgan fingerprint density at radius 2 is 2.15 bits per heavy atom. The van der Waals surface area contributed by atoms with Crippen LogP contribution in [0, 0.1) is 13.8 Å². The average molecular weight is 512 g/mol. The predicted molar refractivity (Wildman–Crippen MR) is 139 cm³/mol. The summed E-state index contributed by atoms with van der Waals surface area (Å²) in [5, 5.41) is 17.0. The van der Waals surface area contributed by atoms with Gasteiger partial charge in [0.2, 0.25) is 5.91 Å². The Hall–Kier alpha value is -2.53. The van der Waals surface area contributed by atoms with E-state index >= 15 is 0 Å². The molecule has 0 aliphatic carbocycles. The highest BCUT2D eigenvalue weighted by atomic mass is 32.2. The second-order valence-electron chi connectivity index (χ2n) is 8.20. The van der Waals surface area contributed by atoms with Crippen LogP contribution < -0.4 is 5.32 Å². The lowest BCUT2D eigenvalue weighted by molar-refractivity contribution is -0.113. The number of nitrogens with one attached hydrogen (secondary N) is 1. The number of anilines is 1. The maximum Gasteiger partial charge on any atom is 0.236 e. The number of thiophene rings is 1. The maximum atomic E-state index is 12.7. The second kappa shape index (κ2) is 10.4. The highest BCUT2D eigenvalue weighted by Gasteiger charge is 2.22. The lowest BCUT2D eigenvalue weighted by atomic mass is 10.1. The summed E-state index contributed by atoms with van der Waals surface area (Å²) in [7, 11) is 0. The van der Waals surface area contributed by atoms with Gasteiger partial charge in [0.1, 0.15) is 0 Å². The van der Waals surface area contributed by atoms with E-state index in [-0.39, 0.29) is 17.8 Å². The first kappa shape index (κ1) is 23.2. The molecule has 1 N–H and O–H groups in total. The maximum absolute atomic E-state index is 12.7. The van der Waals surface area contributed by atoms with Crippen molar-refractivity contribution in [2.45, 2.75) is 44.5 Å². The molecule has 176 valence electrons. The summed E-state index contributed by atoms with van der Waals surface area (Å²) in [5.74, 6) is 0.939. The number of aryl methyl sites for hydroxylation is 2. The molecule has 1 amide bonds. The number of hydrogen-bond donors (Lipinski definition) is 1. The van der Waals surface area contributed by atoms with E-state index in [4.69, 9.17) is 4.74 Å².